The highest BCUT2D eigenvalue weighted by Gasteiger charge is 2.40. The Morgan fingerprint density at radius 3 is 2.50 bits per heavy atom. The molecule has 0 heterocycles. The Labute approximate surface area is 79.3 Å². The lowest BCUT2D eigenvalue weighted by atomic mass is 9.93. The number of aliphatic hydroxyl groups is 1. The minimum atomic E-state index is -4.83. The Bertz CT molecular complexity index is 217. The summed E-state index contributed by atoms with van der Waals surface area (Å²) in [6.45, 7) is 0. The van der Waals surface area contributed by atoms with Crippen LogP contribution in [0.1, 0.15) is 25.7 Å². The van der Waals surface area contributed by atoms with E-state index in [-0.39, 0.29) is 6.42 Å². The van der Waals surface area contributed by atoms with Gasteiger partial charge in [-0.15, -0.1) is 0 Å². The van der Waals surface area contributed by atoms with E-state index in [9.17, 15) is 18.0 Å². The minimum Gasteiger partial charge on any atom is -0.393 e. The van der Waals surface area contributed by atoms with Crippen LogP contribution in [0.25, 0.3) is 0 Å². The number of nitrogens with one attached hydrogen (secondary N) is 1. The van der Waals surface area contributed by atoms with Crippen molar-refractivity contribution in [2.45, 2.75) is 44.0 Å². The van der Waals surface area contributed by atoms with Crippen LogP contribution >= 0.6 is 0 Å². The Kier molecular flexibility index (Phi) is 3.36. The lowest BCUT2D eigenvalue weighted by Gasteiger charge is -2.26. The number of alkyl halides is 3. The highest BCUT2D eigenvalue weighted by atomic mass is 19.4. The molecule has 1 fully saturated rings. The summed E-state index contributed by atoms with van der Waals surface area (Å²) in [7, 11) is 0. The first kappa shape index (κ1) is 11.3. The van der Waals surface area contributed by atoms with Crippen molar-refractivity contribution in [1.82, 2.24) is 5.32 Å². The fourth-order valence-corrected chi connectivity index (χ4v) is 1.56. The molecule has 14 heavy (non-hydrogen) atoms. The molecule has 0 radical (unpaired) electrons. The molecule has 1 rings (SSSR count). The van der Waals surface area contributed by atoms with E-state index in [0.29, 0.717) is 19.3 Å². The van der Waals surface area contributed by atoms with E-state index >= 15 is 0 Å². The summed E-state index contributed by atoms with van der Waals surface area (Å²) in [4.78, 5) is 10.5. The second-order valence-electron chi connectivity index (χ2n) is 3.49. The van der Waals surface area contributed by atoms with Gasteiger partial charge in [-0.1, -0.05) is 0 Å². The van der Waals surface area contributed by atoms with Crippen LogP contribution in [-0.2, 0) is 4.79 Å². The zero-order chi connectivity index (χ0) is 10.8. The van der Waals surface area contributed by atoms with Crippen molar-refractivity contribution in [2.75, 3.05) is 0 Å². The van der Waals surface area contributed by atoms with E-state index in [1.807, 2.05) is 5.32 Å². The molecule has 2 unspecified atom stereocenters. The Morgan fingerprint density at radius 1 is 1.36 bits per heavy atom. The molecule has 6 heteroatoms. The molecular weight excluding hydrogens is 199 g/mol. The number of hydrogen-bond donors (Lipinski definition) is 2. The number of aliphatic hydroxyl groups excluding tert-OH is 1. The van der Waals surface area contributed by atoms with Crippen LogP contribution in [0, 0.1) is 0 Å². The van der Waals surface area contributed by atoms with E-state index in [1.165, 1.54) is 0 Å². The molecule has 0 bridgehead atoms. The topological polar surface area (TPSA) is 49.3 Å². The average Bonchev–Trinajstić information content (AvgIpc) is 2.02. The molecule has 2 atom stereocenters. The quantitative estimate of drug-likeness (QED) is 0.679. The molecule has 82 valence electrons. The molecule has 1 saturated carbocycles. The molecule has 0 aromatic rings. The van der Waals surface area contributed by atoms with Crippen LogP contribution < -0.4 is 5.32 Å². The molecular formula is C8H12F3NO2. The molecule has 1 aliphatic rings. The summed E-state index contributed by atoms with van der Waals surface area (Å²) in [5, 5.41) is 11.0. The third-order valence-electron chi connectivity index (χ3n) is 2.24. The summed E-state index contributed by atoms with van der Waals surface area (Å²) in [5.74, 6) is -1.92. The SMILES string of the molecule is O=C(NC1CCCC(O)C1)C(F)(F)F. The largest absolute Gasteiger partial charge is 0.471 e. The van der Waals surface area contributed by atoms with Gasteiger partial charge in [0.1, 0.15) is 0 Å². The summed E-state index contributed by atoms with van der Waals surface area (Å²) < 4.78 is 35.5. The van der Waals surface area contributed by atoms with Crippen LogP contribution in [0.2, 0.25) is 0 Å². The number of rotatable bonds is 1. The van der Waals surface area contributed by atoms with Crippen molar-refractivity contribution in [3.63, 3.8) is 0 Å². The van der Waals surface area contributed by atoms with Gasteiger partial charge >= 0.3 is 12.1 Å². The lowest BCUT2D eigenvalue weighted by Crippen LogP contribution is -2.45. The van der Waals surface area contributed by atoms with Crippen LogP contribution in [0.5, 0.6) is 0 Å². The number of amides is 1. The zero-order valence-electron chi connectivity index (χ0n) is 7.47. The van der Waals surface area contributed by atoms with Crippen molar-refractivity contribution in [2.24, 2.45) is 0 Å². The van der Waals surface area contributed by atoms with E-state index in [1.54, 1.807) is 0 Å². The summed E-state index contributed by atoms with van der Waals surface area (Å²) in [6, 6.07) is -0.548. The Balaban J connectivity index is 2.40. The van der Waals surface area contributed by atoms with Crippen LogP contribution in [0.15, 0.2) is 0 Å². The standard InChI is InChI=1S/C8H12F3NO2/c9-8(10,11)7(14)12-5-2-1-3-6(13)4-5/h5-6,13H,1-4H2,(H,12,14). The van der Waals surface area contributed by atoms with Crippen molar-refractivity contribution >= 4 is 5.91 Å². The monoisotopic (exact) mass is 211 g/mol. The van der Waals surface area contributed by atoms with Crippen molar-refractivity contribution in [3.8, 4) is 0 Å². The fraction of sp³-hybridized carbons (Fsp3) is 0.875. The van der Waals surface area contributed by atoms with Gasteiger partial charge in [0, 0.05) is 6.04 Å². The molecule has 0 aliphatic heterocycles. The van der Waals surface area contributed by atoms with Gasteiger partial charge in [0.05, 0.1) is 6.10 Å². The normalized spacial score (nSPS) is 28.6. The molecule has 0 spiro atoms. The van der Waals surface area contributed by atoms with Gasteiger partial charge < -0.3 is 10.4 Å². The molecule has 1 amide bonds. The summed E-state index contributed by atoms with van der Waals surface area (Å²) >= 11 is 0. The molecule has 3 nitrogen and oxygen atoms in total. The maximum absolute atomic E-state index is 11.8. The fourth-order valence-electron chi connectivity index (χ4n) is 1.56. The van der Waals surface area contributed by atoms with Gasteiger partial charge in [-0.3, -0.25) is 4.79 Å². The first-order valence-electron chi connectivity index (χ1n) is 4.45. The van der Waals surface area contributed by atoms with E-state index in [0.717, 1.165) is 0 Å². The van der Waals surface area contributed by atoms with Gasteiger partial charge in [0.15, 0.2) is 0 Å². The molecule has 2 N–H and O–H groups in total. The smallest absolute Gasteiger partial charge is 0.393 e. The Hall–Kier alpha value is -0.780. The third kappa shape index (κ3) is 3.17. The average molecular weight is 211 g/mol. The maximum Gasteiger partial charge on any atom is 0.471 e. The van der Waals surface area contributed by atoms with Crippen molar-refractivity contribution < 1.29 is 23.1 Å². The third-order valence-corrected chi connectivity index (χ3v) is 2.24. The lowest BCUT2D eigenvalue weighted by molar-refractivity contribution is -0.174. The van der Waals surface area contributed by atoms with Crippen LogP contribution in [-0.4, -0.2) is 29.3 Å². The van der Waals surface area contributed by atoms with E-state index < -0.39 is 24.2 Å². The molecule has 0 aromatic heterocycles. The molecule has 0 aromatic carbocycles. The number of halogens is 3. The summed E-state index contributed by atoms with van der Waals surface area (Å²) in [6.07, 6.45) is -3.48. The molecule has 1 aliphatic carbocycles. The number of carbonyl (C=O) groups excluding carboxylic acids is 1. The Morgan fingerprint density at radius 2 is 2.00 bits per heavy atom. The predicted molar refractivity (Wildman–Crippen MR) is 42.5 cm³/mol. The van der Waals surface area contributed by atoms with Crippen LogP contribution in [0.3, 0.4) is 0 Å². The number of hydrogen-bond acceptors (Lipinski definition) is 2. The summed E-state index contributed by atoms with van der Waals surface area (Å²) in [5.41, 5.74) is 0. The predicted octanol–water partition coefficient (Wildman–Crippen LogP) is 0.968. The van der Waals surface area contributed by atoms with Gasteiger partial charge in [-0.05, 0) is 25.7 Å². The second-order valence-corrected chi connectivity index (χ2v) is 3.49. The van der Waals surface area contributed by atoms with Gasteiger partial charge in [0.2, 0.25) is 0 Å². The van der Waals surface area contributed by atoms with Crippen molar-refractivity contribution in [3.05, 3.63) is 0 Å². The zero-order valence-corrected chi connectivity index (χ0v) is 7.47. The maximum atomic E-state index is 11.8. The van der Waals surface area contributed by atoms with Crippen molar-refractivity contribution in [1.29, 1.82) is 0 Å². The van der Waals surface area contributed by atoms with Gasteiger partial charge in [-0.2, -0.15) is 13.2 Å². The second kappa shape index (κ2) is 4.16. The van der Waals surface area contributed by atoms with Gasteiger partial charge in [0.25, 0.3) is 0 Å². The van der Waals surface area contributed by atoms with Gasteiger partial charge in [-0.25, -0.2) is 0 Å². The van der Waals surface area contributed by atoms with E-state index in [4.69, 9.17) is 5.11 Å². The minimum absolute atomic E-state index is 0.210. The van der Waals surface area contributed by atoms with E-state index in [2.05, 4.69) is 0 Å². The first-order chi connectivity index (χ1) is 6.39. The molecule has 0 saturated heterocycles. The first-order valence-corrected chi connectivity index (χ1v) is 4.45. The number of carbonyl (C=O) groups is 1. The highest BCUT2D eigenvalue weighted by Crippen LogP contribution is 2.20. The highest BCUT2D eigenvalue weighted by molar-refractivity contribution is 5.81. The van der Waals surface area contributed by atoms with Crippen LogP contribution in [0.4, 0.5) is 13.2 Å².